The van der Waals surface area contributed by atoms with Gasteiger partial charge in [0, 0.05) is 31.6 Å². The molecule has 0 aliphatic rings. The second-order valence-electron chi connectivity index (χ2n) is 6.50. The summed E-state index contributed by atoms with van der Waals surface area (Å²) in [6.45, 7) is 18.8. The van der Waals surface area contributed by atoms with Gasteiger partial charge in [-0.1, -0.05) is 27.7 Å². The van der Waals surface area contributed by atoms with Crippen LogP contribution < -0.4 is 4.90 Å². The molecule has 5 heteroatoms. The molecular weight excluding hydrogens is 278 g/mol. The Kier molecular flexibility index (Phi) is 6.36. The molecule has 5 nitrogen and oxygen atoms in total. The van der Waals surface area contributed by atoms with Crippen LogP contribution in [0.4, 0.5) is 11.4 Å². The summed E-state index contributed by atoms with van der Waals surface area (Å²) in [4.78, 5) is 16.6. The molecule has 1 rings (SSSR count). The summed E-state index contributed by atoms with van der Waals surface area (Å²) in [6.07, 6.45) is 0. The van der Waals surface area contributed by atoms with Gasteiger partial charge < -0.3 is 9.74 Å². The predicted molar refractivity (Wildman–Crippen MR) is 90.0 cm³/mol. The fourth-order valence-electron chi connectivity index (χ4n) is 2.44. The zero-order valence-electron chi connectivity index (χ0n) is 14.0. The van der Waals surface area contributed by atoms with E-state index in [0.717, 1.165) is 13.1 Å². The first kappa shape index (κ1) is 18.0. The molecule has 120 valence electrons. The lowest BCUT2D eigenvalue weighted by Crippen LogP contribution is -2.31. The molecule has 0 amide bonds. The molecule has 0 aliphatic heterocycles. The second-order valence-corrected chi connectivity index (χ2v) is 6.50. The monoisotopic (exact) mass is 303 g/mol. The van der Waals surface area contributed by atoms with Crippen LogP contribution in [0.15, 0.2) is 18.2 Å². The van der Waals surface area contributed by atoms with Gasteiger partial charge in [-0.2, -0.15) is 0 Å². The van der Waals surface area contributed by atoms with E-state index in [1.54, 1.807) is 19.1 Å². The lowest BCUT2D eigenvalue weighted by molar-refractivity contribution is -0.384. The molecule has 0 aliphatic carbocycles. The minimum atomic E-state index is -0.364. The number of hydrogen-bond acceptors (Lipinski definition) is 3. The van der Waals surface area contributed by atoms with Crippen molar-refractivity contribution in [3.05, 3.63) is 45.3 Å². The molecule has 1 atom stereocenters. The van der Waals surface area contributed by atoms with Crippen LogP contribution in [0, 0.1) is 28.5 Å². The Labute approximate surface area is 132 Å². The molecule has 22 heavy (non-hydrogen) atoms. The lowest BCUT2D eigenvalue weighted by atomic mass is 10.0. The molecule has 0 N–H and O–H groups in total. The molecule has 0 spiro atoms. The van der Waals surface area contributed by atoms with E-state index in [1.807, 2.05) is 6.07 Å². The van der Waals surface area contributed by atoms with E-state index in [0.29, 0.717) is 23.1 Å². The summed E-state index contributed by atoms with van der Waals surface area (Å²) in [5, 5.41) is 11.5. The molecule has 1 aromatic rings. The van der Waals surface area contributed by atoms with Gasteiger partial charge in [0.25, 0.3) is 5.69 Å². The number of nitrogens with zero attached hydrogens (tertiary/aromatic N) is 3. The first-order valence-corrected chi connectivity index (χ1v) is 7.66. The van der Waals surface area contributed by atoms with E-state index in [4.69, 9.17) is 6.57 Å². The average Bonchev–Trinajstić information content (AvgIpc) is 2.44. The highest BCUT2D eigenvalue weighted by molar-refractivity contribution is 5.65. The van der Waals surface area contributed by atoms with Gasteiger partial charge in [-0.15, -0.1) is 0 Å². The number of hydrogen-bond donors (Lipinski definition) is 0. The van der Waals surface area contributed by atoms with Crippen molar-refractivity contribution in [3.8, 4) is 0 Å². The van der Waals surface area contributed by atoms with Crippen molar-refractivity contribution in [1.82, 2.24) is 0 Å². The Balaban J connectivity index is 3.29. The van der Waals surface area contributed by atoms with E-state index < -0.39 is 0 Å². The van der Waals surface area contributed by atoms with Gasteiger partial charge >= 0.3 is 0 Å². The van der Waals surface area contributed by atoms with Gasteiger partial charge in [0.1, 0.15) is 5.69 Å². The van der Waals surface area contributed by atoms with Gasteiger partial charge in [-0.05, 0) is 24.0 Å². The van der Waals surface area contributed by atoms with Crippen molar-refractivity contribution in [2.75, 3.05) is 18.0 Å². The van der Waals surface area contributed by atoms with Crippen molar-refractivity contribution in [1.29, 1.82) is 0 Å². The first-order valence-electron chi connectivity index (χ1n) is 7.66. The number of rotatable bonds is 7. The van der Waals surface area contributed by atoms with E-state index in [2.05, 4.69) is 37.4 Å². The maximum absolute atomic E-state index is 11.5. The second kappa shape index (κ2) is 7.79. The molecule has 0 bridgehead atoms. The van der Waals surface area contributed by atoms with Gasteiger partial charge in [0.15, 0.2) is 0 Å². The molecule has 0 aromatic heterocycles. The number of nitro groups is 1. The Hall–Kier alpha value is -2.09. The maximum Gasteiger partial charge on any atom is 0.293 e. The molecule has 0 heterocycles. The summed E-state index contributed by atoms with van der Waals surface area (Å²) in [5.74, 6) is 0.834. The van der Waals surface area contributed by atoms with Gasteiger partial charge in [-0.25, -0.2) is 6.57 Å². The predicted octanol–water partition coefficient (Wildman–Crippen LogP) is 4.69. The molecule has 0 saturated carbocycles. The summed E-state index contributed by atoms with van der Waals surface area (Å²) in [7, 11) is 0. The largest absolute Gasteiger partial charge is 0.365 e. The highest BCUT2D eigenvalue weighted by Gasteiger charge is 2.23. The van der Waals surface area contributed by atoms with Gasteiger partial charge in [-0.3, -0.25) is 10.1 Å². The summed E-state index contributed by atoms with van der Waals surface area (Å²) >= 11 is 0. The molecule has 1 unspecified atom stereocenters. The van der Waals surface area contributed by atoms with Crippen LogP contribution in [0.1, 0.15) is 46.2 Å². The van der Waals surface area contributed by atoms with Crippen LogP contribution in [0.25, 0.3) is 4.85 Å². The quantitative estimate of drug-likeness (QED) is 0.417. The lowest BCUT2D eigenvalue weighted by Gasteiger charge is -2.28. The molecular formula is C17H25N3O2. The molecule has 0 radical (unpaired) electrons. The third kappa shape index (κ3) is 4.73. The van der Waals surface area contributed by atoms with E-state index in [1.165, 1.54) is 0 Å². The van der Waals surface area contributed by atoms with Crippen molar-refractivity contribution < 1.29 is 4.92 Å². The fourth-order valence-corrected chi connectivity index (χ4v) is 2.44. The van der Waals surface area contributed by atoms with Crippen LogP contribution in [0.2, 0.25) is 0 Å². The van der Waals surface area contributed by atoms with Crippen LogP contribution in [0.3, 0.4) is 0 Å². The average molecular weight is 303 g/mol. The normalized spacial score (nSPS) is 12.3. The zero-order valence-corrected chi connectivity index (χ0v) is 14.0. The van der Waals surface area contributed by atoms with Crippen LogP contribution >= 0.6 is 0 Å². The maximum atomic E-state index is 11.5. The highest BCUT2D eigenvalue weighted by Crippen LogP contribution is 2.33. The van der Waals surface area contributed by atoms with Crippen molar-refractivity contribution >= 4 is 11.4 Å². The smallest absolute Gasteiger partial charge is 0.293 e. The Morgan fingerprint density at radius 2 is 1.73 bits per heavy atom. The van der Waals surface area contributed by atoms with Gasteiger partial charge in [0.05, 0.1) is 4.92 Å². The Morgan fingerprint density at radius 3 is 2.14 bits per heavy atom. The van der Waals surface area contributed by atoms with E-state index >= 15 is 0 Å². The van der Waals surface area contributed by atoms with Crippen LogP contribution in [-0.2, 0) is 0 Å². The first-order chi connectivity index (χ1) is 10.3. The van der Waals surface area contributed by atoms with E-state index in [-0.39, 0.29) is 16.7 Å². The summed E-state index contributed by atoms with van der Waals surface area (Å²) in [6, 6.07) is 4.81. The molecule has 0 fully saturated rings. The third-order valence-electron chi connectivity index (χ3n) is 3.38. The van der Waals surface area contributed by atoms with Crippen LogP contribution in [0.5, 0.6) is 0 Å². The third-order valence-corrected chi connectivity index (χ3v) is 3.38. The number of nitro benzene ring substituents is 1. The van der Waals surface area contributed by atoms with Crippen LogP contribution in [-0.4, -0.2) is 18.0 Å². The van der Waals surface area contributed by atoms with Crippen molar-refractivity contribution in [3.63, 3.8) is 0 Å². The Bertz CT molecular complexity index is 552. The SMILES string of the molecule is [C-]#[N+]C(C)c1ccc(N(CC(C)C)CC(C)C)c([N+](=O)[O-])c1. The van der Waals surface area contributed by atoms with E-state index in [9.17, 15) is 10.1 Å². The molecule has 0 saturated heterocycles. The highest BCUT2D eigenvalue weighted by atomic mass is 16.6. The number of anilines is 1. The van der Waals surface area contributed by atoms with Crippen molar-refractivity contribution in [2.45, 2.75) is 40.7 Å². The molecule has 1 aromatic carbocycles. The summed E-state index contributed by atoms with van der Waals surface area (Å²) < 4.78 is 0. The van der Waals surface area contributed by atoms with Gasteiger partial charge in [0.2, 0.25) is 6.04 Å². The number of benzene rings is 1. The summed E-state index contributed by atoms with van der Waals surface area (Å²) in [5.41, 5.74) is 1.43. The fraction of sp³-hybridized carbons (Fsp3) is 0.588. The standard InChI is InChI=1S/C17H25N3O2/c1-12(2)10-19(11-13(3)4)16-8-7-15(14(5)18-6)9-17(16)20(21)22/h7-9,12-14H,10-11H2,1-5H3. The minimum Gasteiger partial charge on any atom is -0.365 e. The topological polar surface area (TPSA) is 50.7 Å². The van der Waals surface area contributed by atoms with Crippen molar-refractivity contribution in [2.24, 2.45) is 11.8 Å². The minimum absolute atomic E-state index is 0.0919. The zero-order chi connectivity index (χ0) is 16.9. The Morgan fingerprint density at radius 1 is 1.18 bits per heavy atom.